The lowest BCUT2D eigenvalue weighted by molar-refractivity contribution is -0.123. The molecule has 4 rings (SSSR count). The molecule has 2 aromatic carbocycles. The van der Waals surface area contributed by atoms with Gasteiger partial charge in [-0.3, -0.25) is 9.59 Å². The van der Waals surface area contributed by atoms with Gasteiger partial charge in [-0.15, -0.1) is 6.42 Å². The minimum absolute atomic E-state index is 0.0961. The smallest absolute Gasteiger partial charge is 0.220 e. The van der Waals surface area contributed by atoms with Gasteiger partial charge in [0.15, 0.2) is 0 Å². The molecule has 0 spiro atoms. The highest BCUT2D eigenvalue weighted by Gasteiger charge is 2.44. The summed E-state index contributed by atoms with van der Waals surface area (Å²) in [6, 6.07) is 11.6. The molecule has 2 aliphatic rings. The minimum Gasteiger partial charge on any atom is -0.493 e. The number of carbonyl (C=O) groups is 2. The van der Waals surface area contributed by atoms with E-state index in [1.54, 1.807) is 6.07 Å². The van der Waals surface area contributed by atoms with E-state index >= 15 is 0 Å². The summed E-state index contributed by atoms with van der Waals surface area (Å²) in [5, 5.41) is 20.4. The first-order valence-electron chi connectivity index (χ1n) is 13.4. The van der Waals surface area contributed by atoms with E-state index < -0.39 is 18.0 Å². The van der Waals surface area contributed by atoms with Crippen LogP contribution in [0.15, 0.2) is 42.5 Å². The van der Waals surface area contributed by atoms with Gasteiger partial charge in [0.2, 0.25) is 11.8 Å². The molecule has 2 unspecified atom stereocenters. The predicted octanol–water partition coefficient (Wildman–Crippen LogP) is 2.93. The molecule has 8 heteroatoms. The Hall–Kier alpha value is -3.41. The summed E-state index contributed by atoms with van der Waals surface area (Å²) in [5.74, 6) is 2.26. The SMILES string of the molecule is C#Cc1cccc(C2(NCC(O)C3Cc4cc(F)cc(c4)OCCCCNC(=O)CCCC(=O)N3)CC2)c1. The molecule has 2 amide bonds. The number of rotatable bonds is 5. The van der Waals surface area contributed by atoms with Crippen LogP contribution in [0.4, 0.5) is 4.39 Å². The van der Waals surface area contributed by atoms with Crippen molar-refractivity contribution in [1.82, 2.24) is 16.0 Å². The fourth-order valence-corrected chi connectivity index (χ4v) is 4.82. The van der Waals surface area contributed by atoms with E-state index in [2.05, 4.69) is 21.9 Å². The Morgan fingerprint density at radius 1 is 1.13 bits per heavy atom. The number of hydrogen-bond acceptors (Lipinski definition) is 5. The van der Waals surface area contributed by atoms with Crippen molar-refractivity contribution < 1.29 is 23.8 Å². The number of fused-ring (bicyclic) bond motifs is 2. The van der Waals surface area contributed by atoms with Crippen molar-refractivity contribution in [3.05, 3.63) is 65.0 Å². The standard InChI is InChI=1S/C30H36FN3O4/c1-2-21-7-5-8-23(15-21)30(11-12-30)33-20-27(35)26-18-22-16-24(31)19-25(17-22)38-14-4-3-13-32-28(36)9-6-10-29(37)34-26/h1,5,7-8,15-17,19,26-27,33,35H,3-4,6,9-14,18,20H2,(H,32,36)(H,34,37). The Morgan fingerprint density at radius 3 is 2.74 bits per heavy atom. The van der Waals surface area contributed by atoms with Crippen molar-refractivity contribution in [2.24, 2.45) is 0 Å². The number of nitrogens with one attached hydrogen (secondary N) is 3. The summed E-state index contributed by atoms with van der Waals surface area (Å²) in [7, 11) is 0. The first kappa shape index (κ1) is 27.6. The number of benzene rings is 2. The van der Waals surface area contributed by atoms with Gasteiger partial charge in [-0.25, -0.2) is 4.39 Å². The fourth-order valence-electron chi connectivity index (χ4n) is 4.82. The Morgan fingerprint density at radius 2 is 1.95 bits per heavy atom. The number of terminal acetylenes is 1. The monoisotopic (exact) mass is 521 g/mol. The second kappa shape index (κ2) is 12.9. The predicted molar refractivity (Wildman–Crippen MR) is 143 cm³/mol. The van der Waals surface area contributed by atoms with Gasteiger partial charge in [-0.2, -0.15) is 0 Å². The van der Waals surface area contributed by atoms with Crippen LogP contribution in [0.3, 0.4) is 0 Å². The number of aliphatic hydroxyl groups excluding tert-OH is 1. The van der Waals surface area contributed by atoms with Crippen molar-refractivity contribution in [1.29, 1.82) is 0 Å². The lowest BCUT2D eigenvalue weighted by atomic mass is 9.98. The molecule has 38 heavy (non-hydrogen) atoms. The first-order valence-corrected chi connectivity index (χ1v) is 13.4. The van der Waals surface area contributed by atoms with E-state index in [4.69, 9.17) is 11.2 Å². The molecule has 1 heterocycles. The normalized spacial score (nSPS) is 21.1. The molecular weight excluding hydrogens is 485 g/mol. The third kappa shape index (κ3) is 7.80. The van der Waals surface area contributed by atoms with E-state index in [-0.39, 0.29) is 43.2 Å². The number of aliphatic hydroxyl groups is 1. The molecule has 0 radical (unpaired) electrons. The van der Waals surface area contributed by atoms with E-state index in [0.29, 0.717) is 37.3 Å². The maximum Gasteiger partial charge on any atom is 0.220 e. The lowest BCUT2D eigenvalue weighted by Gasteiger charge is -2.27. The maximum absolute atomic E-state index is 14.4. The summed E-state index contributed by atoms with van der Waals surface area (Å²) in [6.45, 7) is 1.15. The quantitative estimate of drug-likeness (QED) is 0.454. The Balaban J connectivity index is 1.48. The van der Waals surface area contributed by atoms with E-state index in [1.165, 1.54) is 12.1 Å². The highest BCUT2D eigenvalue weighted by molar-refractivity contribution is 5.79. The van der Waals surface area contributed by atoms with Crippen molar-refractivity contribution in [2.45, 2.75) is 69.1 Å². The fraction of sp³-hybridized carbons (Fsp3) is 0.467. The van der Waals surface area contributed by atoms with E-state index in [0.717, 1.165) is 30.4 Å². The van der Waals surface area contributed by atoms with E-state index in [1.807, 2.05) is 24.3 Å². The van der Waals surface area contributed by atoms with Crippen molar-refractivity contribution in [3.63, 3.8) is 0 Å². The molecule has 1 aliphatic heterocycles. The number of ether oxygens (including phenoxy) is 1. The topological polar surface area (TPSA) is 99.7 Å². The summed E-state index contributed by atoms with van der Waals surface area (Å²) in [6.07, 6.45) is 8.95. The lowest BCUT2D eigenvalue weighted by Crippen LogP contribution is -2.50. The zero-order valence-electron chi connectivity index (χ0n) is 21.6. The third-order valence-electron chi connectivity index (χ3n) is 7.15. The highest BCUT2D eigenvalue weighted by atomic mass is 19.1. The molecule has 2 aromatic rings. The second-order valence-corrected chi connectivity index (χ2v) is 10.2. The molecule has 1 fully saturated rings. The Kier molecular flexibility index (Phi) is 9.38. The number of halogens is 1. The summed E-state index contributed by atoms with van der Waals surface area (Å²) in [5.41, 5.74) is 2.23. The molecular formula is C30H36FN3O4. The zero-order chi connectivity index (χ0) is 27.0. The molecule has 4 N–H and O–H groups in total. The van der Waals surface area contributed by atoms with Gasteiger partial charge in [-0.05, 0) is 73.9 Å². The molecule has 0 saturated heterocycles. The number of amides is 2. The zero-order valence-corrected chi connectivity index (χ0v) is 21.6. The van der Waals surface area contributed by atoms with Crippen LogP contribution in [0.25, 0.3) is 0 Å². The van der Waals surface area contributed by atoms with Crippen molar-refractivity contribution in [3.8, 4) is 18.1 Å². The van der Waals surface area contributed by atoms with Crippen LogP contribution in [-0.4, -0.2) is 48.8 Å². The number of carbonyl (C=O) groups excluding carboxylic acids is 2. The van der Waals surface area contributed by atoms with Crippen LogP contribution in [-0.2, 0) is 21.5 Å². The highest BCUT2D eigenvalue weighted by Crippen LogP contribution is 2.45. The summed E-state index contributed by atoms with van der Waals surface area (Å²) < 4.78 is 20.1. The van der Waals surface area contributed by atoms with Gasteiger partial charge in [0.05, 0.1) is 18.8 Å². The Bertz CT molecular complexity index is 1170. The van der Waals surface area contributed by atoms with Crippen LogP contribution in [0, 0.1) is 18.2 Å². The van der Waals surface area contributed by atoms with Crippen LogP contribution in [0.1, 0.15) is 61.6 Å². The van der Waals surface area contributed by atoms with Crippen molar-refractivity contribution >= 4 is 11.8 Å². The van der Waals surface area contributed by atoms with Crippen LogP contribution < -0.4 is 20.7 Å². The molecule has 1 aliphatic carbocycles. The van der Waals surface area contributed by atoms with Gasteiger partial charge in [0.1, 0.15) is 11.6 Å². The molecule has 2 bridgehead atoms. The Labute approximate surface area is 223 Å². The average molecular weight is 522 g/mol. The largest absolute Gasteiger partial charge is 0.493 e. The molecule has 1 saturated carbocycles. The number of hydrogen-bond donors (Lipinski definition) is 4. The van der Waals surface area contributed by atoms with Crippen molar-refractivity contribution in [2.75, 3.05) is 19.7 Å². The van der Waals surface area contributed by atoms with Gasteiger partial charge in [0, 0.05) is 43.1 Å². The van der Waals surface area contributed by atoms with Crippen LogP contribution in [0.5, 0.6) is 5.75 Å². The molecule has 0 aromatic heterocycles. The summed E-state index contributed by atoms with van der Waals surface area (Å²) in [4.78, 5) is 24.8. The van der Waals surface area contributed by atoms with E-state index in [9.17, 15) is 19.1 Å². The third-order valence-corrected chi connectivity index (χ3v) is 7.15. The van der Waals surface area contributed by atoms with Gasteiger partial charge >= 0.3 is 0 Å². The first-order chi connectivity index (χ1) is 18.4. The average Bonchev–Trinajstić information content (AvgIpc) is 3.69. The van der Waals surface area contributed by atoms with Crippen LogP contribution in [0.2, 0.25) is 0 Å². The maximum atomic E-state index is 14.4. The molecule has 2 atom stereocenters. The van der Waals surface area contributed by atoms with Gasteiger partial charge < -0.3 is 25.8 Å². The van der Waals surface area contributed by atoms with Crippen LogP contribution >= 0.6 is 0 Å². The molecule has 202 valence electrons. The molecule has 7 nitrogen and oxygen atoms in total. The van der Waals surface area contributed by atoms with Gasteiger partial charge in [0.25, 0.3) is 0 Å². The minimum atomic E-state index is -0.940. The summed E-state index contributed by atoms with van der Waals surface area (Å²) >= 11 is 0. The van der Waals surface area contributed by atoms with Gasteiger partial charge in [-0.1, -0.05) is 18.1 Å². The second-order valence-electron chi connectivity index (χ2n) is 10.2.